The number of nitro groups is 1. The van der Waals surface area contributed by atoms with Gasteiger partial charge in [-0.1, -0.05) is 13.3 Å². The van der Waals surface area contributed by atoms with Crippen LogP contribution < -0.4 is 11.1 Å². The molecule has 0 saturated heterocycles. The van der Waals surface area contributed by atoms with Gasteiger partial charge in [0.2, 0.25) is 11.8 Å². The quantitative estimate of drug-likeness (QED) is 0.407. The lowest BCUT2D eigenvalue weighted by Crippen LogP contribution is -2.13. The summed E-state index contributed by atoms with van der Waals surface area (Å²) in [7, 11) is 0. The molecule has 0 fully saturated rings. The summed E-state index contributed by atoms with van der Waals surface area (Å²) in [5.74, 6) is 0.113. The minimum absolute atomic E-state index is 0.00463. The largest absolute Gasteiger partial charge is 0.380 e. The van der Waals surface area contributed by atoms with Crippen LogP contribution in [0.3, 0.4) is 0 Å². The number of nitrogens with zero attached hydrogens (tertiary/aromatic N) is 3. The van der Waals surface area contributed by atoms with Crippen molar-refractivity contribution in [1.82, 2.24) is 9.97 Å². The van der Waals surface area contributed by atoms with Crippen LogP contribution in [0, 0.1) is 10.1 Å². The van der Waals surface area contributed by atoms with E-state index >= 15 is 0 Å². The van der Waals surface area contributed by atoms with Crippen LogP contribution in [0.4, 0.5) is 17.5 Å². The fraction of sp³-hybridized carbons (Fsp3) is 0.600. The van der Waals surface area contributed by atoms with Crippen molar-refractivity contribution in [3.63, 3.8) is 0 Å². The van der Waals surface area contributed by atoms with E-state index in [2.05, 4.69) is 22.2 Å². The van der Waals surface area contributed by atoms with Gasteiger partial charge in [-0.3, -0.25) is 10.1 Å². The van der Waals surface area contributed by atoms with E-state index in [9.17, 15) is 10.1 Å². The molecule has 18 heavy (non-hydrogen) atoms. The van der Waals surface area contributed by atoms with Crippen molar-refractivity contribution >= 4 is 17.5 Å². The average molecular weight is 255 g/mol. The van der Waals surface area contributed by atoms with Crippen molar-refractivity contribution in [3.05, 3.63) is 16.3 Å². The number of hydrogen-bond acceptors (Lipinski definition) is 7. The summed E-state index contributed by atoms with van der Waals surface area (Å²) in [4.78, 5) is 17.5. The number of nitrogens with one attached hydrogen (secondary N) is 1. The monoisotopic (exact) mass is 255 g/mol. The van der Waals surface area contributed by atoms with Crippen LogP contribution in [0.2, 0.25) is 0 Å². The molecule has 8 nitrogen and oxygen atoms in total. The summed E-state index contributed by atoms with van der Waals surface area (Å²) in [6, 6.07) is 0. The first-order chi connectivity index (χ1) is 8.65. The molecule has 0 amide bonds. The van der Waals surface area contributed by atoms with Crippen molar-refractivity contribution < 1.29 is 9.66 Å². The summed E-state index contributed by atoms with van der Waals surface area (Å²) in [5.41, 5.74) is 5.19. The third kappa shape index (κ3) is 4.50. The second-order valence-electron chi connectivity index (χ2n) is 3.61. The van der Waals surface area contributed by atoms with Crippen molar-refractivity contribution in [3.8, 4) is 0 Å². The summed E-state index contributed by atoms with van der Waals surface area (Å²) in [6.45, 7) is 3.66. The van der Waals surface area contributed by atoms with Crippen LogP contribution in [-0.4, -0.2) is 34.6 Å². The second kappa shape index (κ2) is 7.38. The van der Waals surface area contributed by atoms with Crippen LogP contribution in [0.5, 0.6) is 0 Å². The van der Waals surface area contributed by atoms with Gasteiger partial charge in [-0.15, -0.1) is 0 Å². The van der Waals surface area contributed by atoms with Crippen LogP contribution in [0.15, 0.2) is 6.20 Å². The zero-order valence-electron chi connectivity index (χ0n) is 10.3. The Morgan fingerprint density at radius 1 is 1.56 bits per heavy atom. The number of ether oxygens (including phenoxy) is 1. The molecule has 0 saturated carbocycles. The van der Waals surface area contributed by atoms with Gasteiger partial charge >= 0.3 is 5.69 Å². The van der Waals surface area contributed by atoms with Crippen molar-refractivity contribution in [2.75, 3.05) is 30.8 Å². The van der Waals surface area contributed by atoms with Gasteiger partial charge < -0.3 is 15.8 Å². The van der Waals surface area contributed by atoms with Crippen LogP contribution in [-0.2, 0) is 4.74 Å². The van der Waals surface area contributed by atoms with Crippen molar-refractivity contribution in [2.24, 2.45) is 0 Å². The van der Waals surface area contributed by atoms with Crippen molar-refractivity contribution in [1.29, 1.82) is 0 Å². The molecule has 0 radical (unpaired) electrons. The van der Waals surface area contributed by atoms with Gasteiger partial charge in [0.1, 0.15) is 6.20 Å². The highest BCUT2D eigenvalue weighted by atomic mass is 16.6. The molecule has 0 bridgehead atoms. The van der Waals surface area contributed by atoms with E-state index in [-0.39, 0.29) is 17.5 Å². The molecule has 0 atom stereocenters. The molecule has 8 heteroatoms. The lowest BCUT2D eigenvalue weighted by atomic mass is 10.4. The Bertz CT molecular complexity index is 399. The van der Waals surface area contributed by atoms with E-state index in [1.165, 1.54) is 0 Å². The molecular weight excluding hydrogens is 238 g/mol. The number of nitrogens with two attached hydrogens (primary N) is 1. The smallest absolute Gasteiger partial charge is 0.329 e. The van der Waals surface area contributed by atoms with E-state index < -0.39 is 4.92 Å². The number of nitrogen functional groups attached to an aromatic ring is 1. The third-order valence-electron chi connectivity index (χ3n) is 2.17. The first-order valence-electron chi connectivity index (χ1n) is 5.73. The van der Waals surface area contributed by atoms with Crippen LogP contribution in [0.25, 0.3) is 0 Å². The number of rotatable bonds is 8. The Labute approximate surface area is 105 Å². The van der Waals surface area contributed by atoms with Gasteiger partial charge in [-0.2, -0.15) is 4.98 Å². The maximum Gasteiger partial charge on any atom is 0.329 e. The topological polar surface area (TPSA) is 116 Å². The highest BCUT2D eigenvalue weighted by Crippen LogP contribution is 2.20. The minimum Gasteiger partial charge on any atom is -0.380 e. The second-order valence-corrected chi connectivity index (χ2v) is 3.61. The van der Waals surface area contributed by atoms with Crippen LogP contribution in [0.1, 0.15) is 19.8 Å². The van der Waals surface area contributed by atoms with E-state index in [4.69, 9.17) is 10.5 Å². The lowest BCUT2D eigenvalue weighted by Gasteiger charge is -2.06. The number of hydrogen-bond donors (Lipinski definition) is 2. The van der Waals surface area contributed by atoms with E-state index in [1.54, 1.807) is 0 Å². The van der Waals surface area contributed by atoms with E-state index in [0.717, 1.165) is 19.0 Å². The number of unbranched alkanes of at least 4 members (excludes halogenated alkanes) is 1. The van der Waals surface area contributed by atoms with Gasteiger partial charge in [0, 0.05) is 13.2 Å². The molecule has 0 aliphatic rings. The Hall–Kier alpha value is -1.96. The van der Waals surface area contributed by atoms with Gasteiger partial charge in [0.05, 0.1) is 11.5 Å². The predicted octanol–water partition coefficient (Wildman–Crippen LogP) is 1.20. The van der Waals surface area contributed by atoms with E-state index in [0.29, 0.717) is 19.8 Å². The number of anilines is 2. The highest BCUT2D eigenvalue weighted by molar-refractivity contribution is 5.56. The molecule has 1 aromatic rings. The van der Waals surface area contributed by atoms with E-state index in [1.807, 2.05) is 0 Å². The molecule has 0 unspecified atom stereocenters. The maximum absolute atomic E-state index is 10.7. The van der Waals surface area contributed by atoms with Gasteiger partial charge in [-0.05, 0) is 6.42 Å². The van der Waals surface area contributed by atoms with Crippen molar-refractivity contribution in [2.45, 2.75) is 19.8 Å². The normalized spacial score (nSPS) is 10.3. The Balaban J connectivity index is 2.45. The van der Waals surface area contributed by atoms with Gasteiger partial charge in [-0.25, -0.2) is 4.98 Å². The molecular formula is C10H17N5O3. The predicted molar refractivity (Wildman–Crippen MR) is 67.3 cm³/mol. The summed E-state index contributed by atoms with van der Waals surface area (Å²) >= 11 is 0. The Morgan fingerprint density at radius 2 is 2.33 bits per heavy atom. The van der Waals surface area contributed by atoms with Gasteiger partial charge in [0.15, 0.2) is 0 Å². The summed E-state index contributed by atoms with van der Waals surface area (Å²) in [5, 5.41) is 13.5. The maximum atomic E-state index is 10.7. The summed E-state index contributed by atoms with van der Waals surface area (Å²) in [6.07, 6.45) is 3.16. The average Bonchev–Trinajstić information content (AvgIpc) is 2.33. The third-order valence-corrected chi connectivity index (χ3v) is 2.17. The molecule has 100 valence electrons. The Morgan fingerprint density at radius 3 is 3.00 bits per heavy atom. The molecule has 0 aromatic carbocycles. The molecule has 1 aromatic heterocycles. The fourth-order valence-corrected chi connectivity index (χ4v) is 1.24. The fourth-order valence-electron chi connectivity index (χ4n) is 1.24. The first-order valence-corrected chi connectivity index (χ1v) is 5.73. The Kier molecular flexibility index (Phi) is 5.78. The van der Waals surface area contributed by atoms with Gasteiger partial charge in [0.25, 0.3) is 0 Å². The van der Waals surface area contributed by atoms with Crippen LogP contribution >= 0.6 is 0 Å². The summed E-state index contributed by atoms with van der Waals surface area (Å²) < 4.78 is 5.32. The zero-order valence-corrected chi connectivity index (χ0v) is 10.3. The molecule has 0 spiro atoms. The first kappa shape index (κ1) is 14.1. The lowest BCUT2D eigenvalue weighted by molar-refractivity contribution is -0.384. The zero-order chi connectivity index (χ0) is 13.4. The molecule has 0 aliphatic heterocycles. The minimum atomic E-state index is -0.556. The molecule has 1 rings (SSSR count). The standard InChI is InChI=1S/C10H17N5O3/c1-2-3-5-18-6-4-12-9-8(15(16)17)7-13-10(11)14-9/h7H,2-6H2,1H3,(H3,11,12,13,14). The molecule has 0 aliphatic carbocycles. The molecule has 1 heterocycles. The number of aromatic nitrogens is 2. The molecule has 3 N–H and O–H groups in total. The highest BCUT2D eigenvalue weighted by Gasteiger charge is 2.15. The SMILES string of the molecule is CCCCOCCNc1nc(N)ncc1[N+](=O)[O-].